The predicted octanol–water partition coefficient (Wildman–Crippen LogP) is 4.60. The van der Waals surface area contributed by atoms with Crippen LogP contribution < -0.4 is 34.3 Å². The number of aryl methyl sites for hydroxylation is 1. The summed E-state index contributed by atoms with van der Waals surface area (Å²) in [5.41, 5.74) is 1.38. The molecule has 1 aromatic rings. The third-order valence-electron chi connectivity index (χ3n) is 6.50. The summed E-state index contributed by atoms with van der Waals surface area (Å²) in [6, 6.07) is 8.41. The zero-order valence-corrected chi connectivity index (χ0v) is 40.1. The molecule has 0 saturated heterocycles. The second-order valence-corrected chi connectivity index (χ2v) is 12.6. The molecule has 0 spiro atoms. The van der Waals surface area contributed by atoms with Gasteiger partial charge in [-0.2, -0.15) is 8.42 Å². The predicted molar refractivity (Wildman–Crippen MR) is 261 cm³/mol. The number of carbonyl (C=O) groups excluding carboxylic acids is 5. The molecule has 16 heteroatoms. The van der Waals surface area contributed by atoms with E-state index in [1.165, 1.54) is 44.1 Å². The van der Waals surface area contributed by atoms with Gasteiger partial charge in [0.05, 0.1) is 45.7 Å². The Morgan fingerprint density at radius 3 is 1.60 bits per heavy atom. The van der Waals surface area contributed by atoms with E-state index in [-0.39, 0.29) is 59.5 Å². The van der Waals surface area contributed by atoms with Crippen molar-refractivity contribution in [2.45, 2.75) is 104 Å². The summed E-state index contributed by atoms with van der Waals surface area (Å²) in [6.07, 6.45) is 19.5. The van der Waals surface area contributed by atoms with Crippen molar-refractivity contribution in [3.63, 3.8) is 0 Å². The van der Waals surface area contributed by atoms with E-state index in [1.807, 2.05) is 31.9 Å². The van der Waals surface area contributed by atoms with Crippen LogP contribution in [0.5, 0.6) is 5.75 Å². The Hall–Kier alpha value is -4.72. The average Bonchev–Trinajstić information content (AvgIpc) is 3.26. The molecule has 0 aliphatic carbocycles. The van der Waals surface area contributed by atoms with E-state index in [1.54, 1.807) is 13.0 Å². The Morgan fingerprint density at radius 1 is 0.698 bits per heavy atom. The third kappa shape index (κ3) is 64.0. The maximum Gasteiger partial charge on any atom is 1.00 e. The molecular formula is C47H85NaO14S. The van der Waals surface area contributed by atoms with E-state index in [0.717, 1.165) is 24.7 Å². The molecule has 0 fully saturated rings. The SMILES string of the molecule is C#CC#CC#CC#CC#CC#COS(=O)(=O)[O-].CC.CCCCCCCCc1ccc(OCCOCCOCCOCC(C)O)cc1.O=CCC(C=O)CC=O.O=CCCC=O.[HH].[HH].[HH].[HH].[HH].[HH].[HH].[HH].[HH].[HH].[HH].[HH].[Na+]. The van der Waals surface area contributed by atoms with Crippen molar-refractivity contribution in [3.8, 4) is 77.5 Å². The number of aldehydes is 5. The van der Waals surface area contributed by atoms with Crippen LogP contribution in [0, 0.1) is 77.7 Å². The Labute approximate surface area is 416 Å². The summed E-state index contributed by atoms with van der Waals surface area (Å²) in [5, 5.41) is 9.04. The van der Waals surface area contributed by atoms with Crippen LogP contribution in [0.3, 0.4) is 0 Å². The molecule has 0 aromatic heterocycles. The second kappa shape index (κ2) is 57.3. The van der Waals surface area contributed by atoms with Crippen LogP contribution in [0.15, 0.2) is 24.3 Å². The first kappa shape index (κ1) is 67.4. The minimum Gasteiger partial charge on any atom is -0.715 e. The van der Waals surface area contributed by atoms with Gasteiger partial charge in [0, 0.05) is 78.3 Å². The zero-order chi connectivity index (χ0) is 47.2. The van der Waals surface area contributed by atoms with Gasteiger partial charge in [0.15, 0.2) is 0 Å². The molecule has 364 valence electrons. The monoisotopic (exact) mass is 929 g/mol. The molecule has 0 radical (unpaired) electrons. The largest absolute Gasteiger partial charge is 1.00 e. The molecule has 1 atom stereocenters. The first-order chi connectivity index (χ1) is 30.0. The van der Waals surface area contributed by atoms with Crippen molar-refractivity contribution in [2.75, 3.05) is 46.2 Å². The first-order valence-electron chi connectivity index (χ1n) is 20.0. The minimum atomic E-state index is -4.82. The number of terminal acetylenes is 1. The minimum absolute atomic E-state index is 0. The molecule has 1 N–H and O–H groups in total. The van der Waals surface area contributed by atoms with Crippen LogP contribution in [0.1, 0.15) is 115 Å². The average molecular weight is 929 g/mol. The normalized spacial score (nSPS) is 9.24. The van der Waals surface area contributed by atoms with Crippen molar-refractivity contribution in [2.24, 2.45) is 5.92 Å². The molecule has 0 amide bonds. The van der Waals surface area contributed by atoms with Gasteiger partial charge in [-0.3, -0.25) is 0 Å². The Bertz CT molecular complexity index is 1800. The number of aliphatic hydroxyl groups excluding tert-OH is 1. The van der Waals surface area contributed by atoms with Crippen molar-refractivity contribution in [1.82, 2.24) is 0 Å². The molecule has 14 nitrogen and oxygen atoms in total. The molecule has 1 rings (SSSR count). The number of rotatable bonds is 28. The van der Waals surface area contributed by atoms with Gasteiger partial charge in [-0.05, 0) is 67.1 Å². The molecule has 0 saturated carbocycles. The summed E-state index contributed by atoms with van der Waals surface area (Å²) in [4.78, 5) is 48.3. The summed E-state index contributed by atoms with van der Waals surface area (Å²) in [5.74, 6) is 22.6. The topological polar surface area (TPSA) is 209 Å². The summed E-state index contributed by atoms with van der Waals surface area (Å²) in [7, 11) is -4.82. The summed E-state index contributed by atoms with van der Waals surface area (Å²) >= 11 is 0. The number of unbranched alkanes of at least 4 members (excludes halogenated alkanes) is 6. The maximum atomic E-state index is 9.97. The molecule has 63 heavy (non-hydrogen) atoms. The van der Waals surface area contributed by atoms with E-state index in [0.29, 0.717) is 77.9 Å². The summed E-state index contributed by atoms with van der Waals surface area (Å²) in [6.45, 7) is 11.4. The van der Waals surface area contributed by atoms with E-state index in [4.69, 9.17) is 30.5 Å². The van der Waals surface area contributed by atoms with Crippen molar-refractivity contribution in [1.29, 1.82) is 0 Å². The fraction of sp³-hybridized carbons (Fsp3) is 0.511. The first-order valence-corrected chi connectivity index (χ1v) is 21.3. The number of hydrogen-bond donors (Lipinski definition) is 1. The van der Waals surface area contributed by atoms with Crippen LogP contribution in [-0.2, 0) is 59.2 Å². The summed E-state index contributed by atoms with van der Waals surface area (Å²) < 4.78 is 55.0. The zero-order valence-electron chi connectivity index (χ0n) is 37.3. The van der Waals surface area contributed by atoms with Gasteiger partial charge < -0.3 is 56.8 Å². The van der Waals surface area contributed by atoms with Gasteiger partial charge in [-0.25, -0.2) is 0 Å². The van der Waals surface area contributed by atoms with Crippen LogP contribution in [-0.4, -0.2) is 102 Å². The van der Waals surface area contributed by atoms with E-state index < -0.39 is 22.4 Å². The fourth-order valence-corrected chi connectivity index (χ4v) is 3.86. The van der Waals surface area contributed by atoms with Crippen LogP contribution >= 0.6 is 0 Å². The van der Waals surface area contributed by atoms with E-state index >= 15 is 0 Å². The molecule has 1 aromatic carbocycles. The Morgan fingerprint density at radius 2 is 1.16 bits per heavy atom. The second-order valence-electron chi connectivity index (χ2n) is 11.6. The van der Waals surface area contributed by atoms with Gasteiger partial charge in [0.1, 0.15) is 49.9 Å². The fourth-order valence-electron chi connectivity index (χ4n) is 3.72. The van der Waals surface area contributed by atoms with Crippen molar-refractivity contribution in [3.05, 3.63) is 29.8 Å². The Kier molecular flexibility index (Phi) is 61.2. The van der Waals surface area contributed by atoms with E-state index in [2.05, 4.69) is 76.5 Å². The standard InChI is InChI=1S/C23H40O5.C12H2O4S.C6H8O3.C4H6O2.C2H6.Na.12H2/c1-3-4-5-6-7-8-9-22-10-12-23(13-11-22)28-19-18-26-15-14-25-16-17-27-20-21(2)24;1-2-3-4-5-6-7-8-9-10-11-12-16-17(13,14)15;7-3-1-6(5-9)2-4-8;5-3-1-2-4-6;1-2;;;;;;;;;;;;;/h10-13,21,24H,3-9,14-20H2,1-2H3;1H,(H,13,14,15);3-6H,1-2H2;3-4H,1-2H2;1-2H3;;12*1H/q;;;;;+1;;;;;;;;;;;;/p-1. The molecule has 1 unspecified atom stereocenters. The number of carbonyl (C=O) groups is 5. The van der Waals surface area contributed by atoms with Gasteiger partial charge in [-0.1, -0.05) is 65.0 Å². The van der Waals surface area contributed by atoms with Crippen molar-refractivity contribution < 1.29 is 112 Å². The van der Waals surface area contributed by atoms with Gasteiger partial charge in [0.25, 0.3) is 10.4 Å². The smallest absolute Gasteiger partial charge is 0.715 e. The Balaban J connectivity index is -0.0000000417. The van der Waals surface area contributed by atoms with Gasteiger partial charge >= 0.3 is 29.6 Å². The molecule has 0 heterocycles. The molecular weight excluding hydrogens is 844 g/mol. The maximum absolute atomic E-state index is 9.97. The quantitative estimate of drug-likeness (QED) is 0.0305. The van der Waals surface area contributed by atoms with Crippen molar-refractivity contribution >= 4 is 41.8 Å². The molecule has 0 bridgehead atoms. The van der Waals surface area contributed by atoms with Gasteiger partial charge in [-0.15, -0.1) is 6.42 Å². The van der Waals surface area contributed by atoms with Crippen LogP contribution in [0.25, 0.3) is 0 Å². The van der Waals surface area contributed by atoms with Crippen LogP contribution in [0.4, 0.5) is 0 Å². The number of hydrogen-bond acceptors (Lipinski definition) is 14. The van der Waals surface area contributed by atoms with Gasteiger partial charge in [0.2, 0.25) is 0 Å². The number of aliphatic hydroxyl groups is 1. The van der Waals surface area contributed by atoms with E-state index in [9.17, 15) is 36.9 Å². The van der Waals surface area contributed by atoms with Crippen LogP contribution in [0.2, 0.25) is 0 Å². The molecule has 0 aliphatic heterocycles. The number of ether oxygens (including phenoxy) is 4. The number of benzene rings is 1. The third-order valence-corrected chi connectivity index (χ3v) is 6.79. The molecule has 0 aliphatic rings.